The average Bonchev–Trinajstić information content (AvgIpc) is 2.87. The highest BCUT2D eigenvalue weighted by Crippen LogP contribution is 2.21. The molecule has 0 spiro atoms. The number of nitrogens with zero attached hydrogens (tertiary/aromatic N) is 4. The van der Waals surface area contributed by atoms with Crippen molar-refractivity contribution in [3.63, 3.8) is 0 Å². The lowest BCUT2D eigenvalue weighted by Gasteiger charge is -2.16. The molecule has 0 aliphatic carbocycles. The average molecular weight is 473 g/mol. The van der Waals surface area contributed by atoms with E-state index >= 15 is 0 Å². The second-order valence-electron chi connectivity index (χ2n) is 8.16. The summed E-state index contributed by atoms with van der Waals surface area (Å²) >= 11 is 0. The molecule has 4 rings (SSSR count). The third-order valence-electron chi connectivity index (χ3n) is 5.86. The van der Waals surface area contributed by atoms with Crippen LogP contribution in [0.1, 0.15) is 55.5 Å². The molecule has 0 aliphatic heterocycles. The molecule has 8 heteroatoms. The summed E-state index contributed by atoms with van der Waals surface area (Å²) in [5.41, 5.74) is 1.60. The molecule has 35 heavy (non-hydrogen) atoms. The molecule has 1 amide bonds. The zero-order chi connectivity index (χ0) is 24.9. The first-order chi connectivity index (χ1) is 17.0. The zero-order valence-corrected chi connectivity index (χ0v) is 20.1. The molecule has 0 aliphatic rings. The van der Waals surface area contributed by atoms with Crippen LogP contribution in [0.2, 0.25) is 0 Å². The highest BCUT2D eigenvalue weighted by molar-refractivity contribution is 5.94. The van der Waals surface area contributed by atoms with E-state index in [1.54, 1.807) is 35.9 Å². The van der Waals surface area contributed by atoms with Crippen LogP contribution >= 0.6 is 0 Å². The van der Waals surface area contributed by atoms with Gasteiger partial charge in [-0.05, 0) is 43.5 Å². The van der Waals surface area contributed by atoms with E-state index in [0.29, 0.717) is 30.7 Å². The molecule has 1 unspecified atom stereocenters. The van der Waals surface area contributed by atoms with E-state index in [1.807, 2.05) is 44.2 Å². The molecule has 0 saturated carbocycles. The van der Waals surface area contributed by atoms with Gasteiger partial charge in [-0.25, -0.2) is 9.78 Å². The van der Waals surface area contributed by atoms with Crippen molar-refractivity contribution in [3.05, 3.63) is 87.8 Å². The molecule has 180 valence electrons. The molecular weight excluding hydrogens is 444 g/mol. The van der Waals surface area contributed by atoms with Crippen LogP contribution in [0.5, 0.6) is 0 Å². The Bertz CT molecular complexity index is 1520. The fourth-order valence-corrected chi connectivity index (χ4v) is 4.21. The first-order valence-electron chi connectivity index (χ1n) is 11.9. The van der Waals surface area contributed by atoms with Crippen molar-refractivity contribution in [2.24, 2.45) is 4.99 Å². The Morgan fingerprint density at radius 1 is 1.06 bits per heavy atom. The number of amides is 1. The maximum absolute atomic E-state index is 13.4. The molecule has 0 fully saturated rings. The molecule has 1 atom stereocenters. The summed E-state index contributed by atoms with van der Waals surface area (Å²) in [6.45, 7) is 6.15. The number of pyridine rings is 2. The van der Waals surface area contributed by atoms with E-state index in [0.717, 1.165) is 5.56 Å². The fraction of sp³-hybridized carbons (Fsp3) is 0.296. The molecule has 3 heterocycles. The third-order valence-corrected chi connectivity index (χ3v) is 5.86. The van der Waals surface area contributed by atoms with Crippen LogP contribution in [0.15, 0.2) is 70.6 Å². The van der Waals surface area contributed by atoms with Crippen molar-refractivity contribution >= 4 is 28.6 Å². The number of esters is 1. The van der Waals surface area contributed by atoms with Gasteiger partial charge in [0.25, 0.3) is 11.5 Å². The Labute approximate surface area is 202 Å². The van der Waals surface area contributed by atoms with Gasteiger partial charge in [-0.1, -0.05) is 50.2 Å². The standard InChI is InChI=1S/C27H28N4O4/c1-4-15-31-23-20(26(33)30-16-11-10-14-22(30)28-23)17-21(27(34)35-6-3)24(31)29-25(32)19(5-2)18-12-8-7-9-13-18/h7-14,16-17,19H,4-6,15H2,1-3H3. The lowest BCUT2D eigenvalue weighted by atomic mass is 9.96. The number of hydrogen-bond acceptors (Lipinski definition) is 5. The van der Waals surface area contributed by atoms with Gasteiger partial charge in [0.2, 0.25) is 0 Å². The monoisotopic (exact) mass is 472 g/mol. The van der Waals surface area contributed by atoms with Crippen molar-refractivity contribution in [2.75, 3.05) is 6.61 Å². The van der Waals surface area contributed by atoms with E-state index in [-0.39, 0.29) is 34.5 Å². The maximum Gasteiger partial charge on any atom is 0.341 e. The van der Waals surface area contributed by atoms with E-state index in [9.17, 15) is 14.4 Å². The second-order valence-corrected chi connectivity index (χ2v) is 8.16. The van der Waals surface area contributed by atoms with Crippen LogP contribution in [0.25, 0.3) is 16.7 Å². The number of aryl methyl sites for hydroxylation is 1. The molecule has 8 nitrogen and oxygen atoms in total. The van der Waals surface area contributed by atoms with Crippen LogP contribution in [-0.4, -0.2) is 32.4 Å². The minimum absolute atomic E-state index is 0.0684. The predicted molar refractivity (Wildman–Crippen MR) is 133 cm³/mol. The smallest absolute Gasteiger partial charge is 0.341 e. The Kier molecular flexibility index (Phi) is 7.19. The third kappa shape index (κ3) is 4.64. The number of benzene rings is 1. The number of rotatable bonds is 7. The van der Waals surface area contributed by atoms with Crippen molar-refractivity contribution in [1.82, 2.24) is 14.0 Å². The van der Waals surface area contributed by atoms with Gasteiger partial charge in [0.1, 0.15) is 16.9 Å². The largest absolute Gasteiger partial charge is 0.462 e. The van der Waals surface area contributed by atoms with Gasteiger partial charge in [0, 0.05) is 12.7 Å². The van der Waals surface area contributed by atoms with Crippen molar-refractivity contribution < 1.29 is 14.3 Å². The first-order valence-corrected chi connectivity index (χ1v) is 11.9. The highest BCUT2D eigenvalue weighted by Gasteiger charge is 2.22. The van der Waals surface area contributed by atoms with Crippen LogP contribution in [-0.2, 0) is 16.1 Å². The summed E-state index contributed by atoms with van der Waals surface area (Å²) in [5, 5.41) is 0.256. The summed E-state index contributed by atoms with van der Waals surface area (Å²) < 4.78 is 8.39. The van der Waals surface area contributed by atoms with E-state index in [1.165, 1.54) is 10.5 Å². The van der Waals surface area contributed by atoms with Gasteiger partial charge < -0.3 is 9.30 Å². The fourth-order valence-electron chi connectivity index (χ4n) is 4.21. The van der Waals surface area contributed by atoms with Gasteiger partial charge >= 0.3 is 5.97 Å². The van der Waals surface area contributed by atoms with Gasteiger partial charge in [-0.15, -0.1) is 0 Å². The SMILES string of the molecule is CCCn1c(=NC(=O)C(CC)c2ccccc2)c(C(=O)OCC)cc2c(=O)n3ccccc3nc21. The summed E-state index contributed by atoms with van der Waals surface area (Å²) in [7, 11) is 0. The minimum Gasteiger partial charge on any atom is -0.462 e. The van der Waals surface area contributed by atoms with Crippen molar-refractivity contribution in [3.8, 4) is 0 Å². The number of ether oxygens (including phenoxy) is 1. The summed E-state index contributed by atoms with van der Waals surface area (Å²) in [6, 6.07) is 16.2. The summed E-state index contributed by atoms with van der Waals surface area (Å²) in [5.74, 6) is -1.48. The zero-order valence-electron chi connectivity index (χ0n) is 20.1. The van der Waals surface area contributed by atoms with Crippen LogP contribution in [0, 0.1) is 0 Å². The van der Waals surface area contributed by atoms with Gasteiger partial charge in [-0.3, -0.25) is 14.0 Å². The van der Waals surface area contributed by atoms with Crippen LogP contribution in [0.3, 0.4) is 0 Å². The number of fused-ring (bicyclic) bond motifs is 2. The molecule has 4 aromatic rings. The number of carbonyl (C=O) groups excluding carboxylic acids is 2. The van der Waals surface area contributed by atoms with E-state index in [4.69, 9.17) is 9.72 Å². The number of hydrogen-bond donors (Lipinski definition) is 0. The molecule has 0 bridgehead atoms. The molecule has 1 aromatic carbocycles. The van der Waals surface area contributed by atoms with Gasteiger partial charge in [0.05, 0.1) is 17.9 Å². The van der Waals surface area contributed by atoms with Crippen molar-refractivity contribution in [2.45, 2.75) is 46.1 Å². The number of aromatic nitrogens is 3. The predicted octanol–water partition coefficient (Wildman–Crippen LogP) is 3.86. The Morgan fingerprint density at radius 2 is 1.80 bits per heavy atom. The molecule has 0 radical (unpaired) electrons. The maximum atomic E-state index is 13.4. The normalized spacial score (nSPS) is 12.7. The second kappa shape index (κ2) is 10.5. The lowest BCUT2D eigenvalue weighted by Crippen LogP contribution is -2.33. The topological polar surface area (TPSA) is 95.0 Å². The van der Waals surface area contributed by atoms with Crippen molar-refractivity contribution in [1.29, 1.82) is 0 Å². The quantitative estimate of drug-likeness (QED) is 0.301. The molecule has 3 aromatic heterocycles. The molecule has 0 saturated heterocycles. The van der Waals surface area contributed by atoms with Gasteiger partial charge in [0.15, 0.2) is 5.49 Å². The van der Waals surface area contributed by atoms with E-state index in [2.05, 4.69) is 4.99 Å². The minimum atomic E-state index is -0.642. The van der Waals surface area contributed by atoms with Gasteiger partial charge in [-0.2, -0.15) is 4.99 Å². The van der Waals surface area contributed by atoms with Crippen LogP contribution in [0.4, 0.5) is 0 Å². The van der Waals surface area contributed by atoms with Crippen LogP contribution < -0.4 is 11.0 Å². The highest BCUT2D eigenvalue weighted by atomic mass is 16.5. The Morgan fingerprint density at radius 3 is 2.49 bits per heavy atom. The summed E-state index contributed by atoms with van der Waals surface area (Å²) in [4.78, 5) is 48.9. The Balaban J connectivity index is 2.07. The lowest BCUT2D eigenvalue weighted by molar-refractivity contribution is -0.119. The van der Waals surface area contributed by atoms with E-state index < -0.39 is 11.9 Å². The summed E-state index contributed by atoms with van der Waals surface area (Å²) in [6.07, 6.45) is 2.85. The number of carbonyl (C=O) groups is 2. The first kappa shape index (κ1) is 24.1. The molecule has 0 N–H and O–H groups in total. The Hall–Kier alpha value is -4.07. The molecular formula is C27H28N4O4.